The Morgan fingerprint density at radius 2 is 0.718 bits per heavy atom. The van der Waals surface area contributed by atoms with Crippen molar-refractivity contribution in [1.29, 1.82) is 0 Å². The largest absolute Gasteiger partial charge is 0.393 e. The standard InChI is InChI=1S/C11H20O.C11H22O.C10H20O.3C9H18O.C9H18.2C8H16O.C8H16.C7H12F2O/c1-7(2)10-8-3-5-9(6-4-8)11(10)12;1-8(2)9-6-5-7-11(3,4)10(9)12;1-7(2)8-5-6-10(3,4)9(8)11;1-6(2)8-7(10)5-9(8,3)4;1-6(2)7-5-9(3,4)8(7)10;1-7(2)8-5-3-4-6-9(8)10;1-7(2)9-6-4-5-8(9)3;1-6(2)8(3)5-4-7(8)9;1-6(2)7-4-5-8(7,3)9;1-6(2)8-5-4-7(8)3;1-4(2)6-5(10)3-7(6,8)9/h7-12H,3-6H2,1-2H3;8-10,12H,5-7H2,1-4H3;7-9,11H,5-6H2,1-4H3;2*6-8,10H,5H2,1-4H3;7-10H,3-6H2,1-2H3;7-9H,4-6H2,1-3H3;2*6-7,9H,4-5H2,1-3H3;6-8H,4-5H2,1-3H3;4-6,10H,3H2,1-2H3. The number of aliphatic hydroxyl groups is 9. The molecule has 13 aliphatic rings. The SMILES string of the molecule is CC(C)C1(C)CCC1O.CC(C)C1C(O)CC1(C)C.CC(C)C1C(O)CC1(F)F.CC(C)C1C2CCC(CC2)C1O.CC(C)C1CC(C)(C)C1O.CC(C)C1CCC(C)(C)C1O.CC(C)C1CCC1(C)O.CC(C)C1CCC1C.CC(C)C1CCCC(C)(C)C1O.CC(C)C1CCCC1C.CC(C)C1CCCCC1O. The lowest BCUT2D eigenvalue weighted by Crippen LogP contribution is -2.53. The summed E-state index contributed by atoms with van der Waals surface area (Å²) >= 11 is 0. The van der Waals surface area contributed by atoms with E-state index in [1.807, 2.05) is 6.92 Å². The van der Waals surface area contributed by atoms with E-state index in [4.69, 9.17) is 5.11 Å². The van der Waals surface area contributed by atoms with Gasteiger partial charge in [-0.25, -0.2) is 8.78 Å². The zero-order valence-corrected chi connectivity index (χ0v) is 79.0. The molecule has 9 nitrogen and oxygen atoms in total. The van der Waals surface area contributed by atoms with Gasteiger partial charge < -0.3 is 46.0 Å². The van der Waals surface area contributed by atoms with Crippen LogP contribution >= 0.6 is 0 Å². The zero-order valence-electron chi connectivity index (χ0n) is 79.0. The Labute approximate surface area is 682 Å². The second-order valence-corrected chi connectivity index (χ2v) is 46.0. The molecule has 0 spiro atoms. The van der Waals surface area contributed by atoms with Gasteiger partial charge in [-0.2, -0.15) is 0 Å². The molecule has 13 fully saturated rings. The maximum atomic E-state index is 12.5. The van der Waals surface area contributed by atoms with Crippen LogP contribution in [0.2, 0.25) is 0 Å². The summed E-state index contributed by atoms with van der Waals surface area (Å²) in [6.45, 7) is 74.4. The molecule has 0 aliphatic heterocycles. The van der Waals surface area contributed by atoms with Crippen molar-refractivity contribution in [2.45, 2.75) is 456 Å². The van der Waals surface area contributed by atoms with Gasteiger partial charge >= 0.3 is 0 Å². The molecule has 0 aromatic rings. The molecule has 22 unspecified atom stereocenters. The summed E-state index contributed by atoms with van der Waals surface area (Å²) in [6.07, 6.45) is 28.8. The van der Waals surface area contributed by atoms with Gasteiger partial charge in [-0.15, -0.1) is 0 Å². The van der Waals surface area contributed by atoms with E-state index >= 15 is 0 Å². The molecular formula is C99H194F2O9. The molecule has 110 heavy (non-hydrogen) atoms. The summed E-state index contributed by atoms with van der Waals surface area (Å²) in [7, 11) is 0. The number of rotatable bonds is 11. The maximum absolute atomic E-state index is 12.5. The van der Waals surface area contributed by atoms with Crippen molar-refractivity contribution >= 4 is 0 Å². The van der Waals surface area contributed by atoms with E-state index in [0.717, 1.165) is 67.1 Å². The van der Waals surface area contributed by atoms with Crippen molar-refractivity contribution in [3.63, 3.8) is 0 Å². The van der Waals surface area contributed by atoms with Crippen LogP contribution < -0.4 is 0 Å². The number of hydrogen-bond donors (Lipinski definition) is 9. The van der Waals surface area contributed by atoms with Crippen molar-refractivity contribution in [1.82, 2.24) is 0 Å². The predicted octanol–water partition coefficient (Wildman–Crippen LogP) is 25.0. The highest BCUT2D eigenvalue weighted by molar-refractivity contribution is 5.01. The van der Waals surface area contributed by atoms with E-state index in [1.165, 1.54) is 128 Å². The first-order valence-corrected chi connectivity index (χ1v) is 46.7. The van der Waals surface area contributed by atoms with Crippen molar-refractivity contribution in [3.05, 3.63) is 0 Å². The average molecular weight is 1570 g/mol. The summed E-state index contributed by atoms with van der Waals surface area (Å²) in [5.41, 5.74) is 0.777. The summed E-state index contributed by atoms with van der Waals surface area (Å²) < 4.78 is 25.1. The van der Waals surface area contributed by atoms with E-state index in [1.54, 1.807) is 13.8 Å². The molecule has 13 saturated carbocycles. The Kier molecular flexibility index (Phi) is 43.9. The van der Waals surface area contributed by atoms with Gasteiger partial charge in [-0.1, -0.05) is 267 Å². The molecule has 0 saturated heterocycles. The molecule has 9 N–H and O–H groups in total. The van der Waals surface area contributed by atoms with Crippen LogP contribution in [0.4, 0.5) is 8.78 Å². The minimum absolute atomic E-state index is 0.00579. The molecule has 0 radical (unpaired) electrons. The van der Waals surface area contributed by atoms with Gasteiger partial charge in [-0.3, -0.25) is 0 Å². The number of hydrogen-bond acceptors (Lipinski definition) is 9. The molecular weight excluding hydrogens is 1370 g/mol. The molecule has 22 atom stereocenters. The van der Waals surface area contributed by atoms with Crippen molar-refractivity contribution in [3.8, 4) is 0 Å². The monoisotopic (exact) mass is 1570 g/mol. The lowest BCUT2D eigenvalue weighted by Gasteiger charge is -2.51. The van der Waals surface area contributed by atoms with Crippen LogP contribution in [0, 0.1) is 175 Å². The fourth-order valence-corrected chi connectivity index (χ4v) is 22.8. The van der Waals surface area contributed by atoms with Gasteiger partial charge in [0.25, 0.3) is 5.92 Å². The Morgan fingerprint density at radius 3 is 0.900 bits per heavy atom. The van der Waals surface area contributed by atoms with Gasteiger partial charge in [0.1, 0.15) is 0 Å². The van der Waals surface area contributed by atoms with Crippen molar-refractivity contribution in [2.75, 3.05) is 0 Å². The first-order valence-electron chi connectivity index (χ1n) is 46.7. The number of halogens is 2. The van der Waals surface area contributed by atoms with Crippen LogP contribution in [0.3, 0.4) is 0 Å². The third-order valence-electron chi connectivity index (χ3n) is 31.9. The number of alkyl halides is 2. The summed E-state index contributed by atoms with van der Waals surface area (Å²) in [4.78, 5) is 0. The van der Waals surface area contributed by atoms with E-state index in [9.17, 15) is 49.6 Å². The van der Waals surface area contributed by atoms with E-state index in [-0.39, 0.29) is 82.3 Å². The average Bonchev–Trinajstić information content (AvgIpc) is 1.09. The topological polar surface area (TPSA) is 182 Å². The third-order valence-corrected chi connectivity index (χ3v) is 31.9. The van der Waals surface area contributed by atoms with E-state index < -0.39 is 17.9 Å². The Bertz CT molecular complexity index is 2390. The quantitative estimate of drug-likeness (QED) is 0.0972. The first-order chi connectivity index (χ1) is 50.2. The molecule has 0 aromatic carbocycles. The third kappa shape index (κ3) is 30.6. The molecule has 0 amide bonds. The highest BCUT2D eigenvalue weighted by atomic mass is 19.3. The minimum atomic E-state index is -2.62. The highest BCUT2D eigenvalue weighted by Gasteiger charge is 2.57. The highest BCUT2D eigenvalue weighted by Crippen LogP contribution is 2.53. The van der Waals surface area contributed by atoms with Gasteiger partial charge in [0.05, 0.1) is 60.4 Å². The molecule has 2 bridgehead atoms. The summed E-state index contributed by atoms with van der Waals surface area (Å²) in [5.74, 6) is 12.9. The van der Waals surface area contributed by atoms with Crippen molar-refractivity contribution in [2.24, 2.45) is 175 Å². The molecule has 0 heterocycles. The van der Waals surface area contributed by atoms with Gasteiger partial charge in [-0.05, 0) is 292 Å². The summed E-state index contributed by atoms with van der Waals surface area (Å²) in [5, 5.41) is 86.4. The first kappa shape index (κ1) is 106. The lowest BCUT2D eigenvalue weighted by atomic mass is 9.56. The van der Waals surface area contributed by atoms with Crippen LogP contribution in [0.25, 0.3) is 0 Å². The molecule has 658 valence electrons. The van der Waals surface area contributed by atoms with Crippen LogP contribution in [-0.4, -0.2) is 106 Å². The van der Waals surface area contributed by atoms with Crippen molar-refractivity contribution < 1.29 is 54.7 Å². The fraction of sp³-hybridized carbons (Fsp3) is 1.00. The molecule has 13 rings (SSSR count). The molecule has 0 aromatic heterocycles. The van der Waals surface area contributed by atoms with Crippen LogP contribution in [0.1, 0.15) is 396 Å². The fourth-order valence-electron chi connectivity index (χ4n) is 22.8. The predicted molar refractivity (Wildman–Crippen MR) is 466 cm³/mol. The Morgan fingerprint density at radius 1 is 0.300 bits per heavy atom. The minimum Gasteiger partial charge on any atom is -0.393 e. The molecule has 11 heteroatoms. The Hall–Kier alpha value is -0.500. The lowest BCUT2D eigenvalue weighted by molar-refractivity contribution is -0.217. The van der Waals surface area contributed by atoms with E-state index in [0.29, 0.717) is 100 Å². The number of fused-ring (bicyclic) bond motifs is 3. The van der Waals surface area contributed by atoms with Crippen LogP contribution in [0.5, 0.6) is 0 Å². The van der Waals surface area contributed by atoms with E-state index in [2.05, 4.69) is 215 Å². The van der Waals surface area contributed by atoms with Gasteiger partial charge in [0, 0.05) is 6.42 Å². The second kappa shape index (κ2) is 45.8. The normalized spacial score (nSPS) is 38.8. The second-order valence-electron chi connectivity index (χ2n) is 46.0. The molecule has 13 aliphatic carbocycles. The number of aliphatic hydroxyl groups excluding tert-OH is 8. The smallest absolute Gasteiger partial charge is 0.256 e. The van der Waals surface area contributed by atoms with Gasteiger partial charge in [0.15, 0.2) is 0 Å². The Balaban J connectivity index is 0.000000411. The van der Waals surface area contributed by atoms with Crippen LogP contribution in [-0.2, 0) is 0 Å². The zero-order chi connectivity index (χ0) is 85.2. The van der Waals surface area contributed by atoms with Crippen LogP contribution in [0.15, 0.2) is 0 Å². The summed E-state index contributed by atoms with van der Waals surface area (Å²) in [6, 6.07) is 0. The van der Waals surface area contributed by atoms with Gasteiger partial charge in [0.2, 0.25) is 0 Å². The maximum Gasteiger partial charge on any atom is 0.256 e.